The van der Waals surface area contributed by atoms with Crippen LogP contribution in [0.4, 0.5) is 0 Å². The Balaban J connectivity index is 1.86. The molecule has 0 aliphatic rings. The van der Waals surface area contributed by atoms with E-state index in [1.807, 2.05) is 24.4 Å². The van der Waals surface area contributed by atoms with E-state index in [0.717, 1.165) is 12.1 Å². The second-order valence-corrected chi connectivity index (χ2v) is 3.75. The second-order valence-electron chi connectivity index (χ2n) is 3.75. The molecule has 0 bridgehead atoms. The fourth-order valence-corrected chi connectivity index (χ4v) is 1.52. The van der Waals surface area contributed by atoms with Crippen molar-refractivity contribution in [2.24, 2.45) is 0 Å². The van der Waals surface area contributed by atoms with Gasteiger partial charge in [-0.3, -0.25) is 4.79 Å². The van der Waals surface area contributed by atoms with Crippen LogP contribution in [0.15, 0.2) is 36.7 Å². The Morgan fingerprint density at radius 3 is 2.94 bits per heavy atom. The van der Waals surface area contributed by atoms with E-state index >= 15 is 0 Å². The molecule has 0 unspecified atom stereocenters. The molecule has 2 N–H and O–H groups in total. The van der Waals surface area contributed by atoms with Crippen molar-refractivity contribution in [1.29, 1.82) is 5.26 Å². The molecule has 2 aromatic heterocycles. The highest BCUT2D eigenvalue weighted by atomic mass is 16.1. The smallest absolute Gasteiger partial charge is 0.269 e. The van der Waals surface area contributed by atoms with Gasteiger partial charge in [0.15, 0.2) is 0 Å². The van der Waals surface area contributed by atoms with Gasteiger partial charge >= 0.3 is 0 Å². The van der Waals surface area contributed by atoms with Crippen molar-refractivity contribution >= 4 is 5.91 Å². The van der Waals surface area contributed by atoms with Crippen LogP contribution in [0.1, 0.15) is 21.7 Å². The number of amides is 1. The summed E-state index contributed by atoms with van der Waals surface area (Å²) in [5, 5.41) is 11.4. The molecule has 2 rings (SSSR count). The van der Waals surface area contributed by atoms with Gasteiger partial charge in [-0.05, 0) is 24.3 Å². The fraction of sp³-hybridized carbons (Fsp3) is 0.154. The zero-order chi connectivity index (χ0) is 12.8. The number of aromatic amines is 1. The third kappa shape index (κ3) is 2.95. The van der Waals surface area contributed by atoms with Crippen LogP contribution in [0, 0.1) is 11.3 Å². The summed E-state index contributed by atoms with van der Waals surface area (Å²) in [6.45, 7) is 0.543. The monoisotopic (exact) mass is 240 g/mol. The standard InChI is InChI=1S/C13H12N4O/c14-8-10-3-4-12(17-9-10)13(18)16-7-5-11-2-1-6-15-11/h1-4,6,9,15H,5,7H2,(H,16,18). The molecule has 0 aliphatic carbocycles. The molecule has 1 amide bonds. The van der Waals surface area contributed by atoms with Crippen molar-refractivity contribution in [2.45, 2.75) is 6.42 Å². The zero-order valence-corrected chi connectivity index (χ0v) is 9.68. The van der Waals surface area contributed by atoms with E-state index in [1.54, 1.807) is 12.1 Å². The SMILES string of the molecule is N#Cc1ccc(C(=O)NCCc2ccc[nH]2)nc1. The summed E-state index contributed by atoms with van der Waals surface area (Å²) in [6.07, 6.45) is 3.98. The van der Waals surface area contributed by atoms with Gasteiger partial charge in [-0.15, -0.1) is 0 Å². The zero-order valence-electron chi connectivity index (χ0n) is 9.68. The summed E-state index contributed by atoms with van der Waals surface area (Å²) in [7, 11) is 0. The number of H-pyrrole nitrogens is 1. The molecule has 0 atom stereocenters. The maximum absolute atomic E-state index is 11.7. The van der Waals surface area contributed by atoms with Crippen LogP contribution in [0.2, 0.25) is 0 Å². The van der Waals surface area contributed by atoms with Gasteiger partial charge in [0.2, 0.25) is 0 Å². The summed E-state index contributed by atoms with van der Waals surface area (Å²) < 4.78 is 0. The van der Waals surface area contributed by atoms with E-state index < -0.39 is 0 Å². The summed E-state index contributed by atoms with van der Waals surface area (Å²) in [5.74, 6) is -0.231. The first-order valence-corrected chi connectivity index (χ1v) is 5.56. The summed E-state index contributed by atoms with van der Waals surface area (Å²) in [5.41, 5.74) is 1.83. The third-order valence-corrected chi connectivity index (χ3v) is 2.47. The molecule has 0 spiro atoms. The maximum Gasteiger partial charge on any atom is 0.269 e. The van der Waals surface area contributed by atoms with E-state index in [-0.39, 0.29) is 5.91 Å². The predicted octanol–water partition coefficient (Wildman–Crippen LogP) is 1.25. The van der Waals surface area contributed by atoms with Gasteiger partial charge in [-0.2, -0.15) is 5.26 Å². The van der Waals surface area contributed by atoms with E-state index in [9.17, 15) is 4.79 Å². The Morgan fingerprint density at radius 1 is 1.44 bits per heavy atom. The minimum atomic E-state index is -0.231. The van der Waals surface area contributed by atoms with Gasteiger partial charge in [0.05, 0.1) is 5.56 Å². The maximum atomic E-state index is 11.7. The number of aromatic nitrogens is 2. The molecule has 2 aromatic rings. The van der Waals surface area contributed by atoms with Gasteiger partial charge in [0.1, 0.15) is 11.8 Å². The quantitative estimate of drug-likeness (QED) is 0.843. The first-order valence-electron chi connectivity index (χ1n) is 5.56. The highest BCUT2D eigenvalue weighted by Gasteiger charge is 2.06. The largest absolute Gasteiger partial charge is 0.365 e. The molecule has 0 fully saturated rings. The molecule has 0 aromatic carbocycles. The Hall–Kier alpha value is -2.61. The minimum absolute atomic E-state index is 0.231. The van der Waals surface area contributed by atoms with Gasteiger partial charge in [0.25, 0.3) is 5.91 Å². The lowest BCUT2D eigenvalue weighted by Crippen LogP contribution is -2.26. The van der Waals surface area contributed by atoms with Gasteiger partial charge in [0, 0.05) is 31.1 Å². The molecule has 5 heteroatoms. The van der Waals surface area contributed by atoms with Crippen molar-refractivity contribution in [3.8, 4) is 6.07 Å². The molecule has 0 saturated heterocycles. The topological polar surface area (TPSA) is 81.6 Å². The Kier molecular flexibility index (Phi) is 3.72. The van der Waals surface area contributed by atoms with Crippen molar-refractivity contribution in [2.75, 3.05) is 6.54 Å². The Labute approximate surface area is 104 Å². The fourth-order valence-electron chi connectivity index (χ4n) is 1.52. The molecular formula is C13H12N4O. The summed E-state index contributed by atoms with van der Waals surface area (Å²) >= 11 is 0. The third-order valence-electron chi connectivity index (χ3n) is 2.47. The molecular weight excluding hydrogens is 228 g/mol. The number of hydrogen-bond donors (Lipinski definition) is 2. The number of hydrogen-bond acceptors (Lipinski definition) is 3. The van der Waals surface area contributed by atoms with E-state index in [1.165, 1.54) is 6.20 Å². The summed E-state index contributed by atoms with van der Waals surface area (Å²) in [6, 6.07) is 8.96. The molecule has 18 heavy (non-hydrogen) atoms. The minimum Gasteiger partial charge on any atom is -0.365 e. The van der Waals surface area contributed by atoms with Crippen LogP contribution in [-0.2, 0) is 6.42 Å². The van der Waals surface area contributed by atoms with E-state index in [2.05, 4.69) is 15.3 Å². The Morgan fingerprint density at radius 2 is 2.33 bits per heavy atom. The van der Waals surface area contributed by atoms with Gasteiger partial charge in [-0.25, -0.2) is 4.98 Å². The lowest BCUT2D eigenvalue weighted by molar-refractivity contribution is 0.0949. The number of carbonyl (C=O) groups is 1. The van der Waals surface area contributed by atoms with Crippen LogP contribution in [0.5, 0.6) is 0 Å². The second kappa shape index (κ2) is 5.64. The van der Waals surface area contributed by atoms with Gasteiger partial charge < -0.3 is 10.3 Å². The van der Waals surface area contributed by atoms with Crippen molar-refractivity contribution < 1.29 is 4.79 Å². The average Bonchev–Trinajstić information content (AvgIpc) is 2.92. The number of pyridine rings is 1. The molecule has 2 heterocycles. The number of nitriles is 1. The lowest BCUT2D eigenvalue weighted by Gasteiger charge is -2.03. The molecule has 0 radical (unpaired) electrons. The van der Waals surface area contributed by atoms with Crippen LogP contribution in [0.3, 0.4) is 0 Å². The summed E-state index contributed by atoms with van der Waals surface area (Å²) in [4.78, 5) is 18.7. The predicted molar refractivity (Wildman–Crippen MR) is 65.8 cm³/mol. The highest BCUT2D eigenvalue weighted by Crippen LogP contribution is 1.99. The number of nitrogens with one attached hydrogen (secondary N) is 2. The first kappa shape index (κ1) is 11.9. The van der Waals surface area contributed by atoms with Crippen molar-refractivity contribution in [3.05, 3.63) is 53.6 Å². The first-order chi connectivity index (χ1) is 8.79. The van der Waals surface area contributed by atoms with Crippen LogP contribution in [-0.4, -0.2) is 22.4 Å². The van der Waals surface area contributed by atoms with Gasteiger partial charge in [-0.1, -0.05) is 0 Å². The highest BCUT2D eigenvalue weighted by molar-refractivity contribution is 5.92. The molecule has 0 aliphatic heterocycles. The number of rotatable bonds is 4. The molecule has 5 nitrogen and oxygen atoms in total. The van der Waals surface area contributed by atoms with E-state index in [4.69, 9.17) is 5.26 Å². The van der Waals surface area contributed by atoms with Crippen LogP contribution in [0.25, 0.3) is 0 Å². The number of carbonyl (C=O) groups excluding carboxylic acids is 1. The molecule has 0 saturated carbocycles. The number of nitrogens with zero attached hydrogens (tertiary/aromatic N) is 2. The molecule has 90 valence electrons. The van der Waals surface area contributed by atoms with Crippen molar-refractivity contribution in [1.82, 2.24) is 15.3 Å². The Bertz CT molecular complexity index is 552. The van der Waals surface area contributed by atoms with E-state index in [0.29, 0.717) is 17.8 Å². The van der Waals surface area contributed by atoms with Crippen LogP contribution < -0.4 is 5.32 Å². The van der Waals surface area contributed by atoms with Crippen LogP contribution >= 0.6 is 0 Å². The van der Waals surface area contributed by atoms with Crippen molar-refractivity contribution in [3.63, 3.8) is 0 Å². The normalized spacial score (nSPS) is 9.72. The lowest BCUT2D eigenvalue weighted by atomic mass is 10.2. The average molecular weight is 240 g/mol.